The molecule has 0 aliphatic carbocycles. The van der Waals surface area contributed by atoms with Crippen LogP contribution in [-0.4, -0.2) is 34.6 Å². The zero-order valence-electron chi connectivity index (χ0n) is 8.36. The Hall–Kier alpha value is -1.43. The van der Waals surface area contributed by atoms with Crippen LogP contribution in [0.4, 0.5) is 0 Å². The number of carbonyl (C=O) groups excluding carboxylic acids is 1. The van der Waals surface area contributed by atoms with Gasteiger partial charge in [-0.3, -0.25) is 4.79 Å². The van der Waals surface area contributed by atoms with Gasteiger partial charge in [0.25, 0.3) is 5.91 Å². The van der Waals surface area contributed by atoms with Crippen LogP contribution in [-0.2, 0) is 11.3 Å². The average molecular weight is 198 g/mol. The van der Waals surface area contributed by atoms with Crippen LogP contribution in [0, 0.1) is 6.92 Å². The lowest BCUT2D eigenvalue weighted by Crippen LogP contribution is -2.13. The van der Waals surface area contributed by atoms with E-state index in [2.05, 4.69) is 10.3 Å². The number of hydrogen-bond acceptors (Lipinski definition) is 4. The molecule has 78 valence electrons. The summed E-state index contributed by atoms with van der Waals surface area (Å²) >= 11 is 0. The first kappa shape index (κ1) is 10.6. The smallest absolute Gasteiger partial charge is 0.271 e. The van der Waals surface area contributed by atoms with Gasteiger partial charge in [-0.05, 0) is 13.3 Å². The third kappa shape index (κ3) is 2.29. The van der Waals surface area contributed by atoms with E-state index in [9.17, 15) is 4.79 Å². The molecular formula is C8H14N4O2. The van der Waals surface area contributed by atoms with Crippen molar-refractivity contribution in [2.45, 2.75) is 19.9 Å². The molecule has 0 aliphatic rings. The maximum Gasteiger partial charge on any atom is 0.271 e. The van der Waals surface area contributed by atoms with E-state index in [1.807, 2.05) is 0 Å². The number of nitrogens with two attached hydrogens (primary N) is 1. The van der Waals surface area contributed by atoms with Crippen LogP contribution in [0.2, 0.25) is 0 Å². The van der Waals surface area contributed by atoms with Crippen molar-refractivity contribution in [3.8, 4) is 0 Å². The molecule has 0 radical (unpaired) electrons. The van der Waals surface area contributed by atoms with Crippen LogP contribution >= 0.6 is 0 Å². The molecule has 2 N–H and O–H groups in total. The van der Waals surface area contributed by atoms with Crippen LogP contribution in [0.25, 0.3) is 0 Å². The van der Waals surface area contributed by atoms with Crippen molar-refractivity contribution in [2.75, 3.05) is 13.7 Å². The van der Waals surface area contributed by atoms with Gasteiger partial charge in [0, 0.05) is 20.3 Å². The predicted octanol–water partition coefficient (Wildman–Crippen LogP) is -0.278. The molecule has 0 spiro atoms. The van der Waals surface area contributed by atoms with Crippen LogP contribution in [0.3, 0.4) is 0 Å². The maximum absolute atomic E-state index is 10.8. The molecule has 0 aromatic carbocycles. The van der Waals surface area contributed by atoms with E-state index in [-0.39, 0.29) is 5.69 Å². The number of amides is 1. The largest absolute Gasteiger partial charge is 0.385 e. The fourth-order valence-electron chi connectivity index (χ4n) is 1.16. The monoisotopic (exact) mass is 198 g/mol. The Labute approximate surface area is 82.0 Å². The summed E-state index contributed by atoms with van der Waals surface area (Å²) in [6, 6.07) is 0. The standard InChI is InChI=1S/C8H14N4O2/c1-6-7(8(9)13)10-11-12(6)4-3-5-14-2/h3-5H2,1-2H3,(H2,9,13). The van der Waals surface area contributed by atoms with Gasteiger partial charge in [-0.15, -0.1) is 5.10 Å². The van der Waals surface area contributed by atoms with Crippen molar-refractivity contribution >= 4 is 5.91 Å². The number of methoxy groups -OCH3 is 1. The van der Waals surface area contributed by atoms with E-state index in [0.717, 1.165) is 6.42 Å². The van der Waals surface area contributed by atoms with Crippen molar-refractivity contribution in [2.24, 2.45) is 5.73 Å². The summed E-state index contributed by atoms with van der Waals surface area (Å²) in [5.74, 6) is -0.541. The zero-order valence-corrected chi connectivity index (χ0v) is 8.36. The van der Waals surface area contributed by atoms with E-state index >= 15 is 0 Å². The molecular weight excluding hydrogens is 184 g/mol. The first-order valence-corrected chi connectivity index (χ1v) is 4.35. The SMILES string of the molecule is COCCCn1nnc(C(N)=O)c1C. The molecule has 6 heteroatoms. The van der Waals surface area contributed by atoms with Crippen LogP contribution < -0.4 is 5.73 Å². The topological polar surface area (TPSA) is 83.0 Å². The van der Waals surface area contributed by atoms with Gasteiger partial charge in [0.1, 0.15) is 0 Å². The number of primary amides is 1. The van der Waals surface area contributed by atoms with Crippen molar-refractivity contribution in [3.05, 3.63) is 11.4 Å². The van der Waals surface area contributed by atoms with Gasteiger partial charge in [-0.25, -0.2) is 4.68 Å². The highest BCUT2D eigenvalue weighted by atomic mass is 16.5. The third-order valence-corrected chi connectivity index (χ3v) is 1.93. The highest BCUT2D eigenvalue weighted by Gasteiger charge is 2.12. The number of ether oxygens (including phenoxy) is 1. The van der Waals surface area contributed by atoms with Crippen LogP contribution in [0.1, 0.15) is 22.6 Å². The minimum atomic E-state index is -0.541. The molecule has 14 heavy (non-hydrogen) atoms. The molecule has 1 aromatic rings. The minimum absolute atomic E-state index is 0.238. The second-order valence-corrected chi connectivity index (χ2v) is 2.96. The lowest BCUT2D eigenvalue weighted by Gasteiger charge is -2.01. The van der Waals surface area contributed by atoms with Crippen molar-refractivity contribution in [1.29, 1.82) is 0 Å². The molecule has 1 aromatic heterocycles. The van der Waals surface area contributed by atoms with Gasteiger partial charge >= 0.3 is 0 Å². The molecule has 0 fully saturated rings. The summed E-state index contributed by atoms with van der Waals surface area (Å²) in [5.41, 5.74) is 6.04. The van der Waals surface area contributed by atoms with Crippen molar-refractivity contribution in [3.63, 3.8) is 0 Å². The van der Waals surface area contributed by atoms with Gasteiger partial charge in [0.15, 0.2) is 5.69 Å². The molecule has 0 aliphatic heterocycles. The number of rotatable bonds is 5. The predicted molar refractivity (Wildman–Crippen MR) is 49.8 cm³/mol. The van der Waals surface area contributed by atoms with E-state index in [4.69, 9.17) is 10.5 Å². The van der Waals surface area contributed by atoms with E-state index in [0.29, 0.717) is 18.8 Å². The summed E-state index contributed by atoms with van der Waals surface area (Å²) in [4.78, 5) is 10.8. The first-order chi connectivity index (χ1) is 6.66. The van der Waals surface area contributed by atoms with Crippen molar-refractivity contribution in [1.82, 2.24) is 15.0 Å². The molecule has 6 nitrogen and oxygen atoms in total. The Morgan fingerprint density at radius 3 is 2.86 bits per heavy atom. The first-order valence-electron chi connectivity index (χ1n) is 4.35. The normalized spacial score (nSPS) is 10.4. The van der Waals surface area contributed by atoms with Crippen LogP contribution in [0.5, 0.6) is 0 Å². The highest BCUT2D eigenvalue weighted by molar-refractivity contribution is 5.91. The second kappa shape index (κ2) is 4.71. The van der Waals surface area contributed by atoms with E-state index < -0.39 is 5.91 Å². The third-order valence-electron chi connectivity index (χ3n) is 1.93. The van der Waals surface area contributed by atoms with E-state index in [1.54, 1.807) is 18.7 Å². The molecule has 1 amide bonds. The van der Waals surface area contributed by atoms with E-state index in [1.165, 1.54) is 0 Å². The summed E-state index contributed by atoms with van der Waals surface area (Å²) in [6.07, 6.45) is 0.832. The fourth-order valence-corrected chi connectivity index (χ4v) is 1.16. The number of aryl methyl sites for hydroxylation is 1. The van der Waals surface area contributed by atoms with Crippen molar-refractivity contribution < 1.29 is 9.53 Å². The molecule has 0 bridgehead atoms. The van der Waals surface area contributed by atoms with Gasteiger partial charge in [0.05, 0.1) is 5.69 Å². The number of hydrogen-bond donors (Lipinski definition) is 1. The highest BCUT2D eigenvalue weighted by Crippen LogP contribution is 2.03. The number of nitrogens with zero attached hydrogens (tertiary/aromatic N) is 3. The fraction of sp³-hybridized carbons (Fsp3) is 0.625. The quantitative estimate of drug-likeness (QED) is 0.660. The summed E-state index contributed by atoms with van der Waals surface area (Å²) < 4.78 is 6.56. The zero-order chi connectivity index (χ0) is 10.6. The molecule has 0 unspecified atom stereocenters. The Bertz CT molecular complexity index is 321. The van der Waals surface area contributed by atoms with Crippen LogP contribution in [0.15, 0.2) is 0 Å². The Morgan fingerprint density at radius 1 is 1.64 bits per heavy atom. The molecule has 0 saturated carbocycles. The lowest BCUT2D eigenvalue weighted by atomic mass is 10.3. The average Bonchev–Trinajstić information content (AvgIpc) is 2.48. The lowest BCUT2D eigenvalue weighted by molar-refractivity contribution is 0.0995. The molecule has 1 rings (SSSR count). The molecule has 0 atom stereocenters. The minimum Gasteiger partial charge on any atom is -0.385 e. The number of aromatic nitrogens is 3. The van der Waals surface area contributed by atoms with Gasteiger partial charge in [-0.2, -0.15) is 0 Å². The second-order valence-electron chi connectivity index (χ2n) is 2.96. The van der Waals surface area contributed by atoms with Gasteiger partial charge in [-0.1, -0.05) is 5.21 Å². The molecule has 1 heterocycles. The summed E-state index contributed by atoms with van der Waals surface area (Å²) in [7, 11) is 1.64. The summed E-state index contributed by atoms with van der Waals surface area (Å²) in [5, 5.41) is 7.51. The van der Waals surface area contributed by atoms with Gasteiger partial charge in [0.2, 0.25) is 0 Å². The Balaban J connectivity index is 2.65. The maximum atomic E-state index is 10.8. The number of carbonyl (C=O) groups is 1. The van der Waals surface area contributed by atoms with Gasteiger partial charge < -0.3 is 10.5 Å². The Morgan fingerprint density at radius 2 is 2.36 bits per heavy atom. The summed E-state index contributed by atoms with van der Waals surface area (Å²) in [6.45, 7) is 3.11. The Kier molecular flexibility index (Phi) is 3.58. The molecule has 0 saturated heterocycles.